The molecule has 0 spiro atoms. The SMILES string of the molecule is CCOC(=O)/C=C1\OC(c2ccc(Cl)cc2)=NN(c2ccccc2)[C@H]1Cc1ccccc1. The van der Waals surface area contributed by atoms with E-state index in [9.17, 15) is 4.79 Å². The van der Waals surface area contributed by atoms with Crippen LogP contribution in [0, 0.1) is 0 Å². The molecule has 6 heteroatoms. The molecule has 0 N–H and O–H groups in total. The molecule has 1 aliphatic heterocycles. The molecule has 0 saturated carbocycles. The van der Waals surface area contributed by atoms with Crippen molar-refractivity contribution in [2.45, 2.75) is 19.4 Å². The van der Waals surface area contributed by atoms with Crippen LogP contribution in [0.1, 0.15) is 18.1 Å². The number of benzene rings is 3. The standard InChI is InChI=1S/C26H23ClN2O3/c1-2-31-25(30)18-24-23(17-19-9-5-3-6-10-19)29(22-11-7-4-8-12-22)28-26(32-24)20-13-15-21(27)16-14-20/h3-16,18,23H,2,17H2,1H3/b24-18-/t23-/m0/s1. The van der Waals surface area contributed by atoms with Gasteiger partial charge in [-0.25, -0.2) is 4.79 Å². The van der Waals surface area contributed by atoms with Gasteiger partial charge in [-0.1, -0.05) is 60.1 Å². The van der Waals surface area contributed by atoms with E-state index >= 15 is 0 Å². The molecule has 1 atom stereocenters. The van der Waals surface area contributed by atoms with Gasteiger partial charge in [0.15, 0.2) is 0 Å². The number of carbonyl (C=O) groups is 1. The first kappa shape index (κ1) is 21.7. The fourth-order valence-corrected chi connectivity index (χ4v) is 3.59. The second-order valence-corrected chi connectivity index (χ2v) is 7.63. The number of anilines is 1. The number of hydrogen-bond acceptors (Lipinski definition) is 5. The number of esters is 1. The number of para-hydroxylation sites is 1. The summed E-state index contributed by atoms with van der Waals surface area (Å²) in [5.74, 6) is 0.396. The highest BCUT2D eigenvalue weighted by molar-refractivity contribution is 6.30. The Bertz CT molecular complexity index is 1110. The normalized spacial score (nSPS) is 16.9. The van der Waals surface area contributed by atoms with Gasteiger partial charge >= 0.3 is 5.97 Å². The van der Waals surface area contributed by atoms with Crippen LogP contribution in [0.2, 0.25) is 5.02 Å². The van der Waals surface area contributed by atoms with Crippen LogP contribution in [0.4, 0.5) is 5.69 Å². The van der Waals surface area contributed by atoms with Gasteiger partial charge in [-0.15, -0.1) is 5.10 Å². The first-order valence-corrected chi connectivity index (χ1v) is 10.8. The van der Waals surface area contributed by atoms with Gasteiger partial charge in [0.2, 0.25) is 5.90 Å². The van der Waals surface area contributed by atoms with Crippen LogP contribution < -0.4 is 5.01 Å². The van der Waals surface area contributed by atoms with Gasteiger partial charge in [-0.3, -0.25) is 5.01 Å². The van der Waals surface area contributed by atoms with E-state index in [0.717, 1.165) is 16.8 Å². The van der Waals surface area contributed by atoms with E-state index in [1.807, 2.05) is 77.8 Å². The quantitative estimate of drug-likeness (QED) is 0.365. The van der Waals surface area contributed by atoms with Crippen LogP contribution in [0.5, 0.6) is 0 Å². The number of hydrogen-bond donors (Lipinski definition) is 0. The van der Waals surface area contributed by atoms with Crippen molar-refractivity contribution in [2.75, 3.05) is 11.6 Å². The van der Waals surface area contributed by atoms with Gasteiger partial charge in [-0.2, -0.15) is 0 Å². The van der Waals surface area contributed by atoms with E-state index in [4.69, 9.17) is 26.2 Å². The molecule has 4 rings (SSSR count). The Morgan fingerprint density at radius 3 is 2.34 bits per heavy atom. The smallest absolute Gasteiger partial charge is 0.334 e. The number of carbonyl (C=O) groups excluding carboxylic acids is 1. The fourth-order valence-electron chi connectivity index (χ4n) is 3.47. The Balaban J connectivity index is 1.81. The molecule has 0 aliphatic carbocycles. The maximum absolute atomic E-state index is 12.4. The van der Waals surface area contributed by atoms with Gasteiger partial charge in [-0.05, 0) is 48.9 Å². The van der Waals surface area contributed by atoms with Crippen molar-refractivity contribution >= 4 is 29.2 Å². The molecule has 0 fully saturated rings. The van der Waals surface area contributed by atoms with Crippen LogP contribution in [0.15, 0.2) is 102 Å². The number of hydrazone groups is 1. The van der Waals surface area contributed by atoms with Crippen LogP contribution in [-0.2, 0) is 20.7 Å². The van der Waals surface area contributed by atoms with Crippen molar-refractivity contribution in [1.29, 1.82) is 0 Å². The highest BCUT2D eigenvalue weighted by Crippen LogP contribution is 2.30. The van der Waals surface area contributed by atoms with Crippen molar-refractivity contribution in [2.24, 2.45) is 5.10 Å². The van der Waals surface area contributed by atoms with Crippen molar-refractivity contribution < 1.29 is 14.3 Å². The number of rotatable bonds is 6. The largest absolute Gasteiger partial charge is 0.463 e. The zero-order valence-electron chi connectivity index (χ0n) is 17.6. The van der Waals surface area contributed by atoms with Crippen LogP contribution in [0.25, 0.3) is 0 Å². The molecule has 3 aromatic rings. The van der Waals surface area contributed by atoms with Crippen molar-refractivity contribution in [1.82, 2.24) is 0 Å². The minimum Gasteiger partial charge on any atom is -0.463 e. The molecule has 0 aromatic heterocycles. The summed E-state index contributed by atoms with van der Waals surface area (Å²) in [5.41, 5.74) is 2.74. The Kier molecular flexibility index (Phi) is 6.87. The third-order valence-electron chi connectivity index (χ3n) is 4.97. The predicted molar refractivity (Wildman–Crippen MR) is 127 cm³/mol. The number of nitrogens with zero attached hydrogens (tertiary/aromatic N) is 2. The van der Waals surface area contributed by atoms with Crippen molar-refractivity contribution in [3.05, 3.63) is 113 Å². The minimum atomic E-state index is -0.453. The molecule has 0 saturated heterocycles. The molecular weight excluding hydrogens is 424 g/mol. The second kappa shape index (κ2) is 10.2. The Hall–Kier alpha value is -3.57. The molecule has 3 aromatic carbocycles. The van der Waals surface area contributed by atoms with E-state index in [0.29, 0.717) is 23.1 Å². The summed E-state index contributed by atoms with van der Waals surface area (Å²) >= 11 is 6.06. The van der Waals surface area contributed by atoms with E-state index in [2.05, 4.69) is 0 Å². The highest BCUT2D eigenvalue weighted by atomic mass is 35.5. The average molecular weight is 447 g/mol. The first-order chi connectivity index (χ1) is 15.6. The lowest BCUT2D eigenvalue weighted by Crippen LogP contribution is -2.41. The van der Waals surface area contributed by atoms with Gasteiger partial charge in [0, 0.05) is 17.0 Å². The van der Waals surface area contributed by atoms with Crippen LogP contribution in [0.3, 0.4) is 0 Å². The van der Waals surface area contributed by atoms with Crippen molar-refractivity contribution in [3.63, 3.8) is 0 Å². The predicted octanol–water partition coefficient (Wildman–Crippen LogP) is 5.60. The zero-order valence-corrected chi connectivity index (χ0v) is 18.4. The second-order valence-electron chi connectivity index (χ2n) is 7.20. The summed E-state index contributed by atoms with van der Waals surface area (Å²) in [4.78, 5) is 12.4. The molecular formula is C26H23ClN2O3. The lowest BCUT2D eigenvalue weighted by atomic mass is 10.0. The van der Waals surface area contributed by atoms with E-state index < -0.39 is 5.97 Å². The van der Waals surface area contributed by atoms with E-state index in [1.165, 1.54) is 6.08 Å². The maximum Gasteiger partial charge on any atom is 0.334 e. The highest BCUT2D eigenvalue weighted by Gasteiger charge is 2.32. The third-order valence-corrected chi connectivity index (χ3v) is 5.22. The monoisotopic (exact) mass is 446 g/mol. The first-order valence-electron chi connectivity index (χ1n) is 10.4. The maximum atomic E-state index is 12.4. The number of halogens is 1. The van der Waals surface area contributed by atoms with E-state index in [-0.39, 0.29) is 12.6 Å². The summed E-state index contributed by atoms with van der Waals surface area (Å²) in [6.07, 6.45) is 2.01. The lowest BCUT2D eigenvalue weighted by Gasteiger charge is -2.35. The summed E-state index contributed by atoms with van der Waals surface area (Å²) in [5, 5.41) is 7.34. The molecule has 1 heterocycles. The molecule has 0 unspecified atom stereocenters. The molecule has 0 amide bonds. The molecule has 5 nitrogen and oxygen atoms in total. The average Bonchev–Trinajstić information content (AvgIpc) is 2.82. The van der Waals surface area contributed by atoms with Gasteiger partial charge in [0.25, 0.3) is 0 Å². The third kappa shape index (κ3) is 5.18. The fraction of sp³-hybridized carbons (Fsp3) is 0.154. The van der Waals surface area contributed by atoms with Crippen LogP contribution >= 0.6 is 11.6 Å². The number of ether oxygens (including phenoxy) is 2. The molecule has 1 aliphatic rings. The minimum absolute atomic E-state index is 0.284. The Morgan fingerprint density at radius 2 is 1.69 bits per heavy atom. The molecule has 32 heavy (non-hydrogen) atoms. The summed E-state index contributed by atoms with van der Waals surface area (Å²) in [7, 11) is 0. The van der Waals surface area contributed by atoms with Crippen molar-refractivity contribution in [3.8, 4) is 0 Å². The van der Waals surface area contributed by atoms with Gasteiger partial charge in [0.05, 0.1) is 18.4 Å². The van der Waals surface area contributed by atoms with E-state index in [1.54, 1.807) is 19.1 Å². The summed E-state index contributed by atoms with van der Waals surface area (Å²) in [6.45, 7) is 2.06. The molecule has 0 bridgehead atoms. The van der Waals surface area contributed by atoms with Gasteiger partial charge < -0.3 is 9.47 Å². The topological polar surface area (TPSA) is 51.1 Å². The summed E-state index contributed by atoms with van der Waals surface area (Å²) in [6, 6.07) is 26.8. The zero-order chi connectivity index (χ0) is 22.3. The van der Waals surface area contributed by atoms with Crippen LogP contribution in [-0.4, -0.2) is 24.5 Å². The lowest BCUT2D eigenvalue weighted by molar-refractivity contribution is -0.137. The Morgan fingerprint density at radius 1 is 1.03 bits per heavy atom. The van der Waals surface area contributed by atoms with Gasteiger partial charge in [0.1, 0.15) is 11.8 Å². The molecule has 162 valence electrons. The summed E-state index contributed by atoms with van der Waals surface area (Å²) < 4.78 is 11.4. The molecule has 0 radical (unpaired) electrons. The Labute approximate surface area is 192 Å².